The summed E-state index contributed by atoms with van der Waals surface area (Å²) >= 11 is 0. The highest BCUT2D eigenvalue weighted by atomic mass is 32.2. The molecule has 2 rings (SSSR count). The second-order valence-corrected chi connectivity index (χ2v) is 24.5. The van der Waals surface area contributed by atoms with Gasteiger partial charge in [0.1, 0.15) is 5.76 Å². The van der Waals surface area contributed by atoms with Crippen LogP contribution in [0.15, 0.2) is 11.3 Å². The molecular weight excluding hydrogens is 558 g/mol. The lowest BCUT2D eigenvalue weighted by Crippen LogP contribution is -2.71. The van der Waals surface area contributed by atoms with Gasteiger partial charge in [0.05, 0.1) is 29.8 Å². The van der Waals surface area contributed by atoms with Crippen LogP contribution in [0.3, 0.4) is 0 Å². The van der Waals surface area contributed by atoms with Crippen LogP contribution in [-0.4, -0.2) is 55.3 Å². The molecule has 2 aliphatic carbocycles. The van der Waals surface area contributed by atoms with Gasteiger partial charge in [0.2, 0.25) is 0 Å². The number of methoxy groups -OCH3 is 1. The van der Waals surface area contributed by atoms with Gasteiger partial charge in [-0.3, -0.25) is 0 Å². The van der Waals surface area contributed by atoms with Crippen molar-refractivity contribution < 1.29 is 44.2 Å². The van der Waals surface area contributed by atoms with Gasteiger partial charge in [-0.25, -0.2) is 4.79 Å². The highest BCUT2D eigenvalue weighted by molar-refractivity contribution is 7.87. The molecule has 0 aromatic rings. The number of halogens is 3. The molecule has 0 saturated heterocycles. The molecule has 222 valence electrons. The van der Waals surface area contributed by atoms with Gasteiger partial charge in [-0.15, -0.1) is 0 Å². The molecule has 1 fully saturated rings. The predicted octanol–water partition coefficient (Wildman–Crippen LogP) is 6.88. The van der Waals surface area contributed by atoms with Crippen LogP contribution in [0.2, 0.25) is 37.8 Å². The van der Waals surface area contributed by atoms with Crippen LogP contribution in [0.4, 0.5) is 13.2 Å². The van der Waals surface area contributed by atoms with E-state index >= 15 is 0 Å². The minimum Gasteiger partial charge on any atom is -0.466 e. The minimum atomic E-state index is -6.06. The van der Waals surface area contributed by atoms with Gasteiger partial charge >= 0.3 is 21.6 Å². The van der Waals surface area contributed by atoms with E-state index < -0.39 is 60.4 Å². The smallest absolute Gasteiger partial charge is 0.466 e. The normalized spacial score (nSPS) is 29.1. The molecule has 0 N–H and O–H groups in total. The Morgan fingerprint density at radius 3 is 1.95 bits per heavy atom. The van der Waals surface area contributed by atoms with Crippen molar-refractivity contribution in [2.45, 2.75) is 122 Å². The van der Waals surface area contributed by atoms with Crippen LogP contribution in [-0.2, 0) is 32.7 Å². The molecule has 0 unspecified atom stereocenters. The van der Waals surface area contributed by atoms with Crippen molar-refractivity contribution in [2.24, 2.45) is 10.8 Å². The number of carbonyl (C=O) groups excluding carboxylic acids is 1. The summed E-state index contributed by atoms with van der Waals surface area (Å²) < 4.78 is 88.8. The average Bonchev–Trinajstić information content (AvgIpc) is 2.69. The summed E-state index contributed by atoms with van der Waals surface area (Å²) in [4.78, 5) is 12.8. The van der Waals surface area contributed by atoms with E-state index in [1.165, 1.54) is 0 Å². The van der Waals surface area contributed by atoms with Gasteiger partial charge in [0.25, 0.3) is 0 Å². The summed E-state index contributed by atoms with van der Waals surface area (Å²) in [5.74, 6) is -1.46. The van der Waals surface area contributed by atoms with Crippen molar-refractivity contribution in [3.8, 4) is 0 Å². The summed E-state index contributed by atoms with van der Waals surface area (Å²) in [5, 5.41) is -0.0871. The van der Waals surface area contributed by atoms with E-state index in [1.807, 2.05) is 33.5 Å². The van der Waals surface area contributed by atoms with E-state index in [0.717, 1.165) is 7.11 Å². The third kappa shape index (κ3) is 5.64. The molecule has 0 radical (unpaired) electrons. The maximum absolute atomic E-state index is 13.5. The SMILES string of the molecule is COC(=O)C1=C(OS(=O)(=O)C(F)(F)F)[C@@]2(C)CC[C@H](O[Si](C)(C)C(C)(C)C)C(C)(C)[C@]2(O[Si](C)(C)C)CC1. The van der Waals surface area contributed by atoms with Crippen LogP contribution < -0.4 is 0 Å². The zero-order valence-corrected chi connectivity index (χ0v) is 27.6. The first-order valence-electron chi connectivity index (χ1n) is 12.9. The number of alkyl halides is 3. The topological polar surface area (TPSA) is 88.1 Å². The second-order valence-electron chi connectivity index (χ2n) is 13.8. The zero-order valence-electron chi connectivity index (χ0n) is 24.8. The fourth-order valence-electron chi connectivity index (χ4n) is 5.77. The quantitative estimate of drug-likeness (QED) is 0.136. The molecule has 7 nitrogen and oxygen atoms in total. The van der Waals surface area contributed by atoms with Crippen molar-refractivity contribution in [1.29, 1.82) is 0 Å². The van der Waals surface area contributed by atoms with Gasteiger partial charge in [0, 0.05) is 5.41 Å². The summed E-state index contributed by atoms with van der Waals surface area (Å²) in [6.07, 6.45) is 0.504. The molecule has 0 aromatic carbocycles. The van der Waals surface area contributed by atoms with Crippen LogP contribution in [0.1, 0.15) is 67.2 Å². The van der Waals surface area contributed by atoms with Crippen LogP contribution >= 0.6 is 0 Å². The lowest BCUT2D eigenvalue weighted by Gasteiger charge is -2.66. The Hall–Kier alpha value is -0.896. The Morgan fingerprint density at radius 2 is 1.53 bits per heavy atom. The molecule has 1 saturated carbocycles. The van der Waals surface area contributed by atoms with Crippen molar-refractivity contribution in [2.75, 3.05) is 7.11 Å². The average molecular weight is 603 g/mol. The fraction of sp³-hybridized carbons (Fsp3) is 0.880. The Bertz CT molecular complexity index is 1070. The van der Waals surface area contributed by atoms with Crippen molar-refractivity contribution >= 4 is 32.7 Å². The maximum Gasteiger partial charge on any atom is 0.534 e. The van der Waals surface area contributed by atoms with Gasteiger partial charge < -0.3 is 17.8 Å². The third-order valence-corrected chi connectivity index (χ3v) is 15.2. The molecule has 38 heavy (non-hydrogen) atoms. The van der Waals surface area contributed by atoms with Gasteiger partial charge in [-0.2, -0.15) is 21.6 Å². The number of hydrogen-bond acceptors (Lipinski definition) is 7. The third-order valence-electron chi connectivity index (χ3n) is 8.78. The monoisotopic (exact) mass is 602 g/mol. The summed E-state index contributed by atoms with van der Waals surface area (Å²) in [6.45, 7) is 22.2. The van der Waals surface area contributed by atoms with Crippen LogP contribution in [0, 0.1) is 10.8 Å². The van der Waals surface area contributed by atoms with Crippen LogP contribution in [0.5, 0.6) is 0 Å². The number of fused-ring (bicyclic) bond motifs is 1. The zero-order chi connectivity index (χ0) is 30.0. The Balaban J connectivity index is 2.85. The first-order valence-corrected chi connectivity index (χ1v) is 20.6. The number of rotatable bonds is 7. The molecular formula is C25H45F3O7SSi2. The van der Waals surface area contributed by atoms with Crippen molar-refractivity contribution in [1.82, 2.24) is 0 Å². The highest BCUT2D eigenvalue weighted by Gasteiger charge is 2.70. The van der Waals surface area contributed by atoms with Gasteiger partial charge in [-0.05, 0) is 70.4 Å². The standard InChI is InChI=1S/C25H45F3O7SSi2/c1-21(2,3)38(11,12)34-18-14-15-23(6)19(33-36(30,31)25(26,27)28)17(20(29)32-7)13-16-24(23,22(18,4)5)35-37(8,9)10/h18H,13-16H2,1-12H3/t18-,23+,24+/m0/s1. The van der Waals surface area contributed by atoms with Crippen LogP contribution in [0.25, 0.3) is 0 Å². The largest absolute Gasteiger partial charge is 0.534 e. The molecule has 0 aliphatic heterocycles. The first-order chi connectivity index (χ1) is 16.7. The summed E-state index contributed by atoms with van der Waals surface area (Å²) in [7, 11) is -9.66. The Labute approximate surface area is 228 Å². The maximum atomic E-state index is 13.5. The van der Waals surface area contributed by atoms with E-state index in [-0.39, 0.29) is 36.0 Å². The second kappa shape index (κ2) is 9.88. The molecule has 2 aliphatic rings. The Kier molecular flexibility index (Phi) is 8.66. The van der Waals surface area contributed by atoms with E-state index in [4.69, 9.17) is 17.8 Å². The molecule has 0 spiro atoms. The Morgan fingerprint density at radius 1 is 1.00 bits per heavy atom. The molecule has 0 heterocycles. The lowest BCUT2D eigenvalue weighted by atomic mass is 9.48. The minimum absolute atomic E-state index is 0.0638. The van der Waals surface area contributed by atoms with E-state index in [0.29, 0.717) is 6.42 Å². The first kappa shape index (κ1) is 33.3. The van der Waals surface area contributed by atoms with Crippen molar-refractivity contribution in [3.05, 3.63) is 11.3 Å². The lowest BCUT2D eigenvalue weighted by molar-refractivity contribution is -0.213. The van der Waals surface area contributed by atoms with E-state index in [9.17, 15) is 26.4 Å². The fourth-order valence-corrected chi connectivity index (χ4v) is 9.48. The van der Waals surface area contributed by atoms with Crippen molar-refractivity contribution in [3.63, 3.8) is 0 Å². The summed E-state index contributed by atoms with van der Waals surface area (Å²) in [5.41, 5.74) is -9.23. The number of esters is 1. The molecule has 3 atom stereocenters. The van der Waals surface area contributed by atoms with Gasteiger partial charge in [-0.1, -0.05) is 34.6 Å². The molecule has 0 bridgehead atoms. The molecule has 13 heteroatoms. The number of carbonyl (C=O) groups is 1. The molecule has 0 aromatic heterocycles. The predicted molar refractivity (Wildman–Crippen MR) is 145 cm³/mol. The summed E-state index contributed by atoms with van der Waals surface area (Å²) in [6, 6.07) is 0. The van der Waals surface area contributed by atoms with Gasteiger partial charge in [0.15, 0.2) is 16.6 Å². The highest BCUT2D eigenvalue weighted by Crippen LogP contribution is 2.66. The molecule has 0 amide bonds. The van der Waals surface area contributed by atoms with E-state index in [1.54, 1.807) is 6.92 Å². The van der Waals surface area contributed by atoms with E-state index in [2.05, 4.69) is 33.9 Å². The number of hydrogen-bond donors (Lipinski definition) is 0. The number of ether oxygens (including phenoxy) is 1.